The lowest BCUT2D eigenvalue weighted by Crippen LogP contribution is -2.26. The van der Waals surface area contributed by atoms with Crippen LogP contribution in [0.3, 0.4) is 0 Å². The van der Waals surface area contributed by atoms with Gasteiger partial charge in [0.25, 0.3) is 0 Å². The molecule has 19 heavy (non-hydrogen) atoms. The van der Waals surface area contributed by atoms with Gasteiger partial charge in [0.15, 0.2) is 0 Å². The average Bonchev–Trinajstić information content (AvgIpc) is 2.44. The maximum absolute atomic E-state index is 5.93. The molecular formula is C15H17ClN2O. The summed E-state index contributed by atoms with van der Waals surface area (Å²) in [6, 6.07) is 11.5. The minimum atomic E-state index is 0.123. The standard InChI is InChI=1S/C15H17ClN2O/c1-2-18-15(12-5-4-8-17-10-12)11-19-14-7-3-6-13(16)9-14/h3-10,15,18H,2,11H2,1H3. The fraction of sp³-hybridized carbons (Fsp3) is 0.267. The maximum atomic E-state index is 5.93. The second-order valence-corrected chi connectivity index (χ2v) is 4.60. The molecule has 0 radical (unpaired) electrons. The van der Waals surface area contributed by atoms with Crippen LogP contribution in [0.15, 0.2) is 48.8 Å². The van der Waals surface area contributed by atoms with Crippen LogP contribution in [0.1, 0.15) is 18.5 Å². The van der Waals surface area contributed by atoms with E-state index in [0.717, 1.165) is 17.9 Å². The number of ether oxygens (including phenoxy) is 1. The molecule has 0 fully saturated rings. The van der Waals surface area contributed by atoms with E-state index in [2.05, 4.69) is 17.2 Å². The Kier molecular flexibility index (Phi) is 5.19. The first-order valence-electron chi connectivity index (χ1n) is 6.31. The third-order valence-corrected chi connectivity index (χ3v) is 2.99. The number of nitrogens with one attached hydrogen (secondary N) is 1. The normalized spacial score (nSPS) is 12.1. The molecular weight excluding hydrogens is 260 g/mol. The van der Waals surface area contributed by atoms with E-state index in [4.69, 9.17) is 16.3 Å². The predicted molar refractivity (Wildman–Crippen MR) is 77.6 cm³/mol. The molecule has 1 atom stereocenters. The summed E-state index contributed by atoms with van der Waals surface area (Å²) in [5.41, 5.74) is 1.12. The number of hydrogen-bond donors (Lipinski definition) is 1. The van der Waals surface area contributed by atoms with Crippen LogP contribution < -0.4 is 10.1 Å². The van der Waals surface area contributed by atoms with E-state index in [1.165, 1.54) is 0 Å². The SMILES string of the molecule is CCNC(COc1cccc(Cl)c1)c1cccnc1. The molecule has 0 saturated heterocycles. The molecule has 0 spiro atoms. The molecule has 100 valence electrons. The molecule has 3 nitrogen and oxygen atoms in total. The largest absolute Gasteiger partial charge is 0.492 e. The highest BCUT2D eigenvalue weighted by Gasteiger charge is 2.11. The molecule has 0 saturated carbocycles. The van der Waals surface area contributed by atoms with Crippen LogP contribution in [-0.2, 0) is 0 Å². The van der Waals surface area contributed by atoms with E-state index in [1.807, 2.05) is 42.6 Å². The van der Waals surface area contributed by atoms with Gasteiger partial charge in [-0.15, -0.1) is 0 Å². The Morgan fingerprint density at radius 2 is 2.21 bits per heavy atom. The summed E-state index contributed by atoms with van der Waals surface area (Å²) in [4.78, 5) is 4.14. The van der Waals surface area contributed by atoms with Crippen LogP contribution in [0.4, 0.5) is 0 Å². The van der Waals surface area contributed by atoms with E-state index in [9.17, 15) is 0 Å². The minimum Gasteiger partial charge on any atom is -0.492 e. The highest BCUT2D eigenvalue weighted by atomic mass is 35.5. The summed E-state index contributed by atoms with van der Waals surface area (Å²) in [5, 5.41) is 4.07. The lowest BCUT2D eigenvalue weighted by molar-refractivity contribution is 0.268. The Hall–Kier alpha value is -1.58. The third kappa shape index (κ3) is 4.23. The number of hydrogen-bond acceptors (Lipinski definition) is 3. The van der Waals surface area contributed by atoms with Crippen LogP contribution in [0.2, 0.25) is 5.02 Å². The summed E-state index contributed by atoms with van der Waals surface area (Å²) in [6.07, 6.45) is 3.62. The Balaban J connectivity index is 2.01. The second kappa shape index (κ2) is 7.12. The smallest absolute Gasteiger partial charge is 0.120 e. The van der Waals surface area contributed by atoms with Crippen molar-refractivity contribution in [3.63, 3.8) is 0 Å². The molecule has 0 aliphatic rings. The van der Waals surface area contributed by atoms with Gasteiger partial charge in [-0.25, -0.2) is 0 Å². The molecule has 1 heterocycles. The van der Waals surface area contributed by atoms with Gasteiger partial charge < -0.3 is 10.1 Å². The van der Waals surface area contributed by atoms with Gasteiger partial charge in [-0.05, 0) is 36.4 Å². The average molecular weight is 277 g/mol. The monoisotopic (exact) mass is 276 g/mol. The van der Waals surface area contributed by atoms with Crippen molar-refractivity contribution >= 4 is 11.6 Å². The lowest BCUT2D eigenvalue weighted by Gasteiger charge is -2.18. The van der Waals surface area contributed by atoms with Crippen molar-refractivity contribution in [1.29, 1.82) is 0 Å². The quantitative estimate of drug-likeness (QED) is 0.877. The van der Waals surface area contributed by atoms with Crippen molar-refractivity contribution < 1.29 is 4.74 Å². The summed E-state index contributed by atoms with van der Waals surface area (Å²) >= 11 is 5.93. The molecule has 1 aromatic heterocycles. The van der Waals surface area contributed by atoms with Gasteiger partial charge >= 0.3 is 0 Å². The van der Waals surface area contributed by atoms with Gasteiger partial charge in [-0.1, -0.05) is 30.7 Å². The van der Waals surface area contributed by atoms with Crippen LogP contribution in [0.25, 0.3) is 0 Å². The van der Waals surface area contributed by atoms with Crippen LogP contribution >= 0.6 is 11.6 Å². The highest BCUT2D eigenvalue weighted by Crippen LogP contribution is 2.19. The third-order valence-electron chi connectivity index (χ3n) is 2.75. The molecule has 2 rings (SSSR count). The Labute approximate surface area is 118 Å². The zero-order chi connectivity index (χ0) is 13.5. The molecule has 1 N–H and O–H groups in total. The molecule has 0 amide bonds. The maximum Gasteiger partial charge on any atom is 0.120 e. The molecule has 0 aliphatic heterocycles. The number of halogens is 1. The van der Waals surface area contributed by atoms with Gasteiger partial charge in [0.05, 0.1) is 6.04 Å². The van der Waals surface area contributed by atoms with Gasteiger partial charge in [-0.3, -0.25) is 4.98 Å². The molecule has 2 aromatic rings. The molecule has 4 heteroatoms. The van der Waals surface area contributed by atoms with Gasteiger partial charge in [0.2, 0.25) is 0 Å². The summed E-state index contributed by atoms with van der Waals surface area (Å²) < 4.78 is 5.78. The fourth-order valence-corrected chi connectivity index (χ4v) is 2.02. The van der Waals surface area contributed by atoms with Gasteiger partial charge in [-0.2, -0.15) is 0 Å². The van der Waals surface area contributed by atoms with E-state index in [1.54, 1.807) is 6.20 Å². The number of aromatic nitrogens is 1. The first kappa shape index (κ1) is 13.8. The first-order chi connectivity index (χ1) is 9.29. The van der Waals surface area contributed by atoms with E-state index < -0.39 is 0 Å². The zero-order valence-corrected chi connectivity index (χ0v) is 11.6. The molecule has 1 aromatic carbocycles. The van der Waals surface area contributed by atoms with Gasteiger partial charge in [0, 0.05) is 17.4 Å². The topological polar surface area (TPSA) is 34.1 Å². The van der Waals surface area contributed by atoms with E-state index >= 15 is 0 Å². The highest BCUT2D eigenvalue weighted by molar-refractivity contribution is 6.30. The Bertz CT molecular complexity index is 505. The number of nitrogens with zero attached hydrogens (tertiary/aromatic N) is 1. The second-order valence-electron chi connectivity index (χ2n) is 4.17. The molecule has 1 unspecified atom stereocenters. The Morgan fingerprint density at radius 1 is 1.32 bits per heavy atom. The van der Waals surface area contributed by atoms with Crippen molar-refractivity contribution in [3.8, 4) is 5.75 Å². The van der Waals surface area contributed by atoms with E-state index in [-0.39, 0.29) is 6.04 Å². The molecule has 0 bridgehead atoms. The summed E-state index contributed by atoms with van der Waals surface area (Å²) in [7, 11) is 0. The molecule has 0 aliphatic carbocycles. The van der Waals surface area contributed by atoms with Gasteiger partial charge in [0.1, 0.15) is 12.4 Å². The number of benzene rings is 1. The fourth-order valence-electron chi connectivity index (χ4n) is 1.84. The van der Waals surface area contributed by atoms with Crippen LogP contribution in [0.5, 0.6) is 5.75 Å². The van der Waals surface area contributed by atoms with Crippen molar-refractivity contribution in [3.05, 3.63) is 59.4 Å². The van der Waals surface area contributed by atoms with Crippen molar-refractivity contribution in [2.45, 2.75) is 13.0 Å². The first-order valence-corrected chi connectivity index (χ1v) is 6.69. The van der Waals surface area contributed by atoms with Crippen LogP contribution in [-0.4, -0.2) is 18.1 Å². The number of likely N-dealkylation sites (N-methyl/N-ethyl adjacent to an activating group) is 1. The number of rotatable bonds is 6. The summed E-state index contributed by atoms with van der Waals surface area (Å²) in [6.45, 7) is 3.49. The number of pyridine rings is 1. The minimum absolute atomic E-state index is 0.123. The Morgan fingerprint density at radius 3 is 2.89 bits per heavy atom. The van der Waals surface area contributed by atoms with Crippen molar-refractivity contribution in [1.82, 2.24) is 10.3 Å². The predicted octanol–water partition coefficient (Wildman–Crippen LogP) is 3.46. The van der Waals surface area contributed by atoms with Crippen molar-refractivity contribution in [2.75, 3.05) is 13.2 Å². The zero-order valence-electron chi connectivity index (χ0n) is 10.8. The summed E-state index contributed by atoms with van der Waals surface area (Å²) in [5.74, 6) is 0.777. The van der Waals surface area contributed by atoms with E-state index in [0.29, 0.717) is 11.6 Å². The van der Waals surface area contributed by atoms with Crippen molar-refractivity contribution in [2.24, 2.45) is 0 Å². The van der Waals surface area contributed by atoms with Crippen LogP contribution in [0, 0.1) is 0 Å². The lowest BCUT2D eigenvalue weighted by atomic mass is 10.1.